The normalized spacial score (nSPS) is 27.8. The van der Waals surface area contributed by atoms with Gasteiger partial charge in [0.25, 0.3) is 0 Å². The van der Waals surface area contributed by atoms with Crippen molar-refractivity contribution in [2.75, 3.05) is 13.1 Å². The highest BCUT2D eigenvalue weighted by Crippen LogP contribution is 2.59. The van der Waals surface area contributed by atoms with Crippen molar-refractivity contribution in [2.24, 2.45) is 11.3 Å². The summed E-state index contributed by atoms with van der Waals surface area (Å²) in [6, 6.07) is 7.57. The summed E-state index contributed by atoms with van der Waals surface area (Å²) < 4.78 is 5.39. The van der Waals surface area contributed by atoms with Crippen LogP contribution in [0.15, 0.2) is 28.8 Å². The third-order valence-electron chi connectivity index (χ3n) is 5.02. The first-order valence-electron chi connectivity index (χ1n) is 7.50. The average Bonchev–Trinajstić information content (AvgIpc) is 2.85. The van der Waals surface area contributed by atoms with Crippen molar-refractivity contribution in [3.05, 3.63) is 35.2 Å². The molecule has 0 N–H and O–H groups in total. The maximum atomic E-state index is 6.17. The highest BCUT2D eigenvalue weighted by Gasteiger charge is 2.58. The van der Waals surface area contributed by atoms with Crippen LogP contribution in [0.2, 0.25) is 5.02 Å². The summed E-state index contributed by atoms with van der Waals surface area (Å²) in [7, 11) is 0. The molecule has 1 aliphatic carbocycles. The van der Waals surface area contributed by atoms with E-state index in [1.807, 2.05) is 24.3 Å². The summed E-state index contributed by atoms with van der Waals surface area (Å²) in [6.45, 7) is 5.37. The molecule has 21 heavy (non-hydrogen) atoms. The molecule has 0 radical (unpaired) electrons. The molecule has 0 amide bonds. The van der Waals surface area contributed by atoms with Crippen LogP contribution in [-0.4, -0.2) is 28.1 Å². The van der Waals surface area contributed by atoms with Gasteiger partial charge in [0.2, 0.25) is 11.7 Å². The van der Waals surface area contributed by atoms with Gasteiger partial charge >= 0.3 is 0 Å². The lowest BCUT2D eigenvalue weighted by atomic mass is 10.0. The lowest BCUT2D eigenvalue weighted by molar-refractivity contribution is 0.231. The maximum Gasteiger partial charge on any atom is 0.241 e. The Bertz CT molecular complexity index is 667. The summed E-state index contributed by atoms with van der Waals surface area (Å²) in [6.07, 6.45) is 2.68. The van der Waals surface area contributed by atoms with Crippen molar-refractivity contribution in [1.29, 1.82) is 0 Å². The van der Waals surface area contributed by atoms with Crippen LogP contribution in [0.25, 0.3) is 11.4 Å². The molecule has 2 unspecified atom stereocenters. The predicted octanol–water partition coefficient (Wildman–Crippen LogP) is 3.62. The number of likely N-dealkylation sites (tertiary alicyclic amines) is 1. The van der Waals surface area contributed by atoms with E-state index in [1.165, 1.54) is 12.8 Å². The molecule has 1 aliphatic heterocycles. The molecule has 5 heteroatoms. The van der Waals surface area contributed by atoms with Crippen molar-refractivity contribution < 1.29 is 4.52 Å². The van der Waals surface area contributed by atoms with Gasteiger partial charge in [-0.2, -0.15) is 4.98 Å². The molecule has 1 aromatic carbocycles. The van der Waals surface area contributed by atoms with E-state index in [0.717, 1.165) is 31.1 Å². The SMILES string of the molecule is CCC12CC1CN(Cc1nc(-c3ccccc3Cl)no1)C2. The molecule has 110 valence electrons. The van der Waals surface area contributed by atoms with Crippen molar-refractivity contribution in [3.8, 4) is 11.4 Å². The lowest BCUT2D eigenvalue weighted by Crippen LogP contribution is -2.24. The van der Waals surface area contributed by atoms with E-state index in [1.54, 1.807) is 0 Å². The summed E-state index contributed by atoms with van der Waals surface area (Å²) in [5.74, 6) is 2.14. The van der Waals surface area contributed by atoms with E-state index in [9.17, 15) is 0 Å². The molecule has 2 heterocycles. The van der Waals surface area contributed by atoms with E-state index in [2.05, 4.69) is 22.0 Å². The Morgan fingerprint density at radius 2 is 2.29 bits per heavy atom. The minimum Gasteiger partial charge on any atom is -0.338 e. The van der Waals surface area contributed by atoms with Crippen LogP contribution < -0.4 is 0 Å². The zero-order chi connectivity index (χ0) is 14.4. The Hall–Kier alpha value is -1.39. The molecule has 2 atom stereocenters. The monoisotopic (exact) mass is 303 g/mol. The van der Waals surface area contributed by atoms with E-state index in [-0.39, 0.29) is 0 Å². The zero-order valence-corrected chi connectivity index (χ0v) is 12.8. The van der Waals surface area contributed by atoms with Gasteiger partial charge in [-0.1, -0.05) is 35.8 Å². The topological polar surface area (TPSA) is 42.2 Å². The lowest BCUT2D eigenvalue weighted by Gasteiger charge is -2.17. The Balaban J connectivity index is 1.48. The number of nitrogens with zero attached hydrogens (tertiary/aromatic N) is 3. The van der Waals surface area contributed by atoms with Gasteiger partial charge in [0, 0.05) is 18.7 Å². The molecule has 0 bridgehead atoms. The summed E-state index contributed by atoms with van der Waals surface area (Å²) >= 11 is 6.17. The number of hydrogen-bond donors (Lipinski definition) is 0. The third-order valence-corrected chi connectivity index (χ3v) is 5.35. The molecule has 2 fully saturated rings. The molecule has 1 saturated heterocycles. The van der Waals surface area contributed by atoms with Gasteiger partial charge in [-0.3, -0.25) is 4.90 Å². The van der Waals surface area contributed by atoms with Gasteiger partial charge in [-0.15, -0.1) is 0 Å². The van der Waals surface area contributed by atoms with Crippen molar-refractivity contribution >= 4 is 11.6 Å². The van der Waals surface area contributed by atoms with Crippen LogP contribution in [0.4, 0.5) is 0 Å². The first kappa shape index (κ1) is 13.3. The second kappa shape index (κ2) is 4.82. The molecule has 1 saturated carbocycles. The molecule has 1 aromatic heterocycles. The molecule has 0 spiro atoms. The maximum absolute atomic E-state index is 6.17. The number of rotatable bonds is 4. The van der Waals surface area contributed by atoms with Gasteiger partial charge in [0.15, 0.2) is 0 Å². The Labute approximate surface area is 129 Å². The Kier molecular flexibility index (Phi) is 3.05. The zero-order valence-electron chi connectivity index (χ0n) is 12.1. The number of aromatic nitrogens is 2. The van der Waals surface area contributed by atoms with Gasteiger partial charge < -0.3 is 4.52 Å². The van der Waals surface area contributed by atoms with Gasteiger partial charge in [-0.25, -0.2) is 0 Å². The third kappa shape index (κ3) is 2.27. The fraction of sp³-hybridized carbons (Fsp3) is 0.500. The quantitative estimate of drug-likeness (QED) is 0.865. The molecular formula is C16H18ClN3O. The molecule has 4 nitrogen and oxygen atoms in total. The van der Waals surface area contributed by atoms with Crippen molar-refractivity contribution in [2.45, 2.75) is 26.3 Å². The summed E-state index contributed by atoms with van der Waals surface area (Å²) in [5.41, 5.74) is 1.41. The summed E-state index contributed by atoms with van der Waals surface area (Å²) in [4.78, 5) is 6.92. The van der Waals surface area contributed by atoms with Gasteiger partial charge in [0.05, 0.1) is 11.6 Å². The standard InChI is InChI=1S/C16H18ClN3O/c1-2-16-7-11(16)8-20(10-16)9-14-18-15(19-21-14)12-5-3-4-6-13(12)17/h3-6,11H,2,7-10H2,1H3. The van der Waals surface area contributed by atoms with Gasteiger partial charge in [0.1, 0.15) is 0 Å². The molecule has 4 rings (SSSR count). The molecule has 2 aromatic rings. The Morgan fingerprint density at radius 3 is 3.05 bits per heavy atom. The van der Waals surface area contributed by atoms with E-state index >= 15 is 0 Å². The molecule has 2 aliphatic rings. The minimum absolute atomic E-state index is 0.574. The van der Waals surface area contributed by atoms with E-state index in [4.69, 9.17) is 16.1 Å². The smallest absolute Gasteiger partial charge is 0.241 e. The van der Waals surface area contributed by atoms with Crippen LogP contribution in [0.3, 0.4) is 0 Å². The summed E-state index contributed by atoms with van der Waals surface area (Å²) in [5, 5.41) is 4.71. The number of halogens is 1. The fourth-order valence-electron chi connectivity index (χ4n) is 3.63. The number of hydrogen-bond acceptors (Lipinski definition) is 4. The minimum atomic E-state index is 0.574. The second-order valence-electron chi connectivity index (χ2n) is 6.28. The first-order chi connectivity index (χ1) is 10.2. The van der Waals surface area contributed by atoms with Crippen LogP contribution >= 0.6 is 11.6 Å². The van der Waals surface area contributed by atoms with Gasteiger partial charge in [-0.05, 0) is 36.3 Å². The fourth-order valence-corrected chi connectivity index (χ4v) is 3.85. The highest BCUT2D eigenvalue weighted by molar-refractivity contribution is 6.33. The second-order valence-corrected chi connectivity index (χ2v) is 6.69. The van der Waals surface area contributed by atoms with Crippen molar-refractivity contribution in [1.82, 2.24) is 15.0 Å². The Morgan fingerprint density at radius 1 is 1.43 bits per heavy atom. The van der Waals surface area contributed by atoms with Crippen LogP contribution in [-0.2, 0) is 6.54 Å². The van der Waals surface area contributed by atoms with Crippen LogP contribution in [0.5, 0.6) is 0 Å². The first-order valence-corrected chi connectivity index (χ1v) is 7.88. The number of fused-ring (bicyclic) bond motifs is 1. The average molecular weight is 304 g/mol. The highest BCUT2D eigenvalue weighted by atomic mass is 35.5. The van der Waals surface area contributed by atoms with Crippen molar-refractivity contribution in [3.63, 3.8) is 0 Å². The van der Waals surface area contributed by atoms with E-state index in [0.29, 0.717) is 22.2 Å². The van der Waals surface area contributed by atoms with Crippen LogP contribution in [0.1, 0.15) is 25.7 Å². The number of benzene rings is 1. The predicted molar refractivity (Wildman–Crippen MR) is 80.9 cm³/mol. The molecular weight excluding hydrogens is 286 g/mol. The van der Waals surface area contributed by atoms with Crippen LogP contribution in [0, 0.1) is 11.3 Å². The van der Waals surface area contributed by atoms with E-state index < -0.39 is 0 Å². The number of piperidine rings is 1. The largest absolute Gasteiger partial charge is 0.338 e.